The third-order valence-electron chi connectivity index (χ3n) is 1.90. The maximum atomic E-state index is 11.5. The lowest BCUT2D eigenvalue weighted by Crippen LogP contribution is -2.08. The van der Waals surface area contributed by atoms with Crippen molar-refractivity contribution in [1.29, 1.82) is 0 Å². The van der Waals surface area contributed by atoms with Crippen molar-refractivity contribution in [3.05, 3.63) is 21.6 Å². The monoisotopic (exact) mass is 220 g/mol. The van der Waals surface area contributed by atoms with Crippen LogP contribution in [0.2, 0.25) is 0 Å². The molecule has 0 fully saturated rings. The van der Waals surface area contributed by atoms with Gasteiger partial charge in [-0.05, 0) is 19.9 Å². The molecule has 0 aromatic carbocycles. The first kappa shape index (κ1) is 10.4. The zero-order valence-corrected chi connectivity index (χ0v) is 9.02. The molecule has 0 amide bonds. The van der Waals surface area contributed by atoms with Crippen LogP contribution in [-0.2, 0) is 0 Å². The van der Waals surface area contributed by atoms with Gasteiger partial charge in [0.05, 0.1) is 18.0 Å². The van der Waals surface area contributed by atoms with Gasteiger partial charge in [-0.3, -0.25) is 15.0 Å². The third-order valence-corrected chi connectivity index (χ3v) is 1.90. The van der Waals surface area contributed by atoms with E-state index in [4.69, 9.17) is 4.74 Å². The van der Waals surface area contributed by atoms with Gasteiger partial charge < -0.3 is 4.74 Å². The van der Waals surface area contributed by atoms with Gasteiger partial charge in [0, 0.05) is 0 Å². The summed E-state index contributed by atoms with van der Waals surface area (Å²) in [4.78, 5) is 19.3. The molecule has 2 rings (SSSR count). The van der Waals surface area contributed by atoms with Crippen LogP contribution in [-0.4, -0.2) is 28.9 Å². The van der Waals surface area contributed by atoms with Crippen LogP contribution in [0.1, 0.15) is 19.4 Å². The Morgan fingerprint density at radius 1 is 1.44 bits per heavy atom. The lowest BCUT2D eigenvalue weighted by Gasteiger charge is -2.07. The molecule has 2 heterocycles. The Labute approximate surface area is 91.8 Å². The summed E-state index contributed by atoms with van der Waals surface area (Å²) in [5.74, 6) is 0.419. The molecule has 0 aliphatic carbocycles. The first-order valence-corrected chi connectivity index (χ1v) is 4.91. The predicted molar refractivity (Wildman–Crippen MR) is 62.1 cm³/mol. The summed E-state index contributed by atoms with van der Waals surface area (Å²) < 4.78 is 5.45. The molecule has 1 aliphatic rings. The molecule has 84 valence electrons. The highest BCUT2D eigenvalue weighted by atomic mass is 16.5. The van der Waals surface area contributed by atoms with Crippen molar-refractivity contribution < 1.29 is 4.74 Å². The molecule has 0 saturated carbocycles. The summed E-state index contributed by atoms with van der Waals surface area (Å²) in [6, 6.07) is 0. The number of H-pyrrole nitrogens is 2. The van der Waals surface area contributed by atoms with Crippen molar-refractivity contribution in [3.8, 4) is 5.88 Å². The van der Waals surface area contributed by atoms with Crippen LogP contribution in [0.3, 0.4) is 0 Å². The highest BCUT2D eigenvalue weighted by Crippen LogP contribution is 2.16. The molecule has 0 bridgehead atoms. The number of allylic oxidation sites excluding steroid dienone is 1. The van der Waals surface area contributed by atoms with E-state index in [-0.39, 0.29) is 11.7 Å². The number of nitrogens with zero attached hydrogens (tertiary/aromatic N) is 2. The van der Waals surface area contributed by atoms with E-state index >= 15 is 0 Å². The second-order valence-electron chi connectivity index (χ2n) is 3.58. The SMILES string of the molecule is CC(C)Oc1[nH][nH]c(=O)c1C=C1C=NC=N1. The Balaban J connectivity index is 2.35. The predicted octanol–water partition coefficient (Wildman–Crippen LogP) is 0.944. The van der Waals surface area contributed by atoms with Gasteiger partial charge in [0.15, 0.2) is 0 Å². The molecule has 1 aromatic rings. The lowest BCUT2D eigenvalue weighted by molar-refractivity contribution is 0.232. The average Bonchev–Trinajstić information content (AvgIpc) is 2.82. The van der Waals surface area contributed by atoms with Gasteiger partial charge in [0.25, 0.3) is 5.56 Å². The molecule has 0 unspecified atom stereocenters. The smallest absolute Gasteiger partial charge is 0.275 e. The molecule has 16 heavy (non-hydrogen) atoms. The fourth-order valence-corrected chi connectivity index (χ4v) is 1.28. The quantitative estimate of drug-likeness (QED) is 0.794. The maximum Gasteiger partial charge on any atom is 0.275 e. The summed E-state index contributed by atoms with van der Waals surface area (Å²) >= 11 is 0. The van der Waals surface area contributed by atoms with Crippen LogP contribution in [0.15, 0.2) is 20.5 Å². The van der Waals surface area contributed by atoms with Crippen LogP contribution in [0.5, 0.6) is 5.88 Å². The number of hydrogen-bond donors (Lipinski definition) is 2. The van der Waals surface area contributed by atoms with E-state index in [9.17, 15) is 4.79 Å². The summed E-state index contributed by atoms with van der Waals surface area (Å²) in [5, 5.41) is 5.15. The second-order valence-corrected chi connectivity index (χ2v) is 3.58. The van der Waals surface area contributed by atoms with Crippen molar-refractivity contribution in [2.24, 2.45) is 9.98 Å². The van der Waals surface area contributed by atoms with E-state index in [1.165, 1.54) is 6.34 Å². The average molecular weight is 220 g/mol. The minimum absolute atomic E-state index is 0.00986. The highest BCUT2D eigenvalue weighted by molar-refractivity contribution is 5.95. The van der Waals surface area contributed by atoms with E-state index in [1.54, 1.807) is 12.3 Å². The van der Waals surface area contributed by atoms with Gasteiger partial charge in [0.1, 0.15) is 11.9 Å². The first-order valence-electron chi connectivity index (χ1n) is 4.91. The summed E-state index contributed by atoms with van der Waals surface area (Å²) in [7, 11) is 0. The van der Waals surface area contributed by atoms with Crippen molar-refractivity contribution in [2.75, 3.05) is 0 Å². The minimum Gasteiger partial charge on any atom is -0.475 e. The number of aromatic nitrogens is 2. The van der Waals surface area contributed by atoms with E-state index in [1.807, 2.05) is 13.8 Å². The highest BCUT2D eigenvalue weighted by Gasteiger charge is 2.11. The fourth-order valence-electron chi connectivity index (χ4n) is 1.28. The summed E-state index contributed by atoms with van der Waals surface area (Å²) in [6.45, 7) is 3.77. The molecule has 6 nitrogen and oxygen atoms in total. The van der Waals surface area contributed by atoms with Crippen LogP contribution in [0.25, 0.3) is 6.08 Å². The normalized spacial score (nSPS) is 16.6. The molecular weight excluding hydrogens is 208 g/mol. The Kier molecular flexibility index (Phi) is 2.72. The van der Waals surface area contributed by atoms with E-state index < -0.39 is 0 Å². The standard InChI is InChI=1S/C10H12N4O2/c1-6(2)16-10-8(9(15)13-14-10)3-7-4-11-5-12-7/h3-6H,1-2H3,(H2,13,14,15). The summed E-state index contributed by atoms with van der Waals surface area (Å²) in [5.41, 5.74) is 0.812. The molecule has 1 aliphatic heterocycles. The zero-order chi connectivity index (χ0) is 11.5. The summed E-state index contributed by atoms with van der Waals surface area (Å²) in [6.07, 6.45) is 4.62. The maximum absolute atomic E-state index is 11.5. The second kappa shape index (κ2) is 4.18. The number of aromatic amines is 2. The number of nitrogens with one attached hydrogen (secondary N) is 2. The molecule has 1 aromatic heterocycles. The first-order chi connectivity index (χ1) is 7.66. The van der Waals surface area contributed by atoms with Gasteiger partial charge >= 0.3 is 0 Å². The van der Waals surface area contributed by atoms with Crippen molar-refractivity contribution in [1.82, 2.24) is 10.2 Å². The molecule has 0 saturated heterocycles. The molecule has 0 spiro atoms. The number of ether oxygens (including phenoxy) is 1. The van der Waals surface area contributed by atoms with Gasteiger partial charge in [-0.25, -0.2) is 9.98 Å². The van der Waals surface area contributed by atoms with Gasteiger partial charge in [0.2, 0.25) is 5.88 Å². The zero-order valence-electron chi connectivity index (χ0n) is 9.02. The largest absolute Gasteiger partial charge is 0.475 e. The van der Waals surface area contributed by atoms with Crippen LogP contribution in [0.4, 0.5) is 0 Å². The van der Waals surface area contributed by atoms with Gasteiger partial charge in [-0.15, -0.1) is 0 Å². The van der Waals surface area contributed by atoms with Crippen LogP contribution < -0.4 is 10.3 Å². The minimum atomic E-state index is -0.237. The Morgan fingerprint density at radius 3 is 2.88 bits per heavy atom. The van der Waals surface area contributed by atoms with Crippen molar-refractivity contribution >= 4 is 18.6 Å². The Hall–Kier alpha value is -2.11. The fraction of sp³-hybridized carbons (Fsp3) is 0.300. The van der Waals surface area contributed by atoms with E-state index in [0.717, 1.165) is 0 Å². The van der Waals surface area contributed by atoms with Crippen LogP contribution in [0, 0.1) is 0 Å². The molecular formula is C10H12N4O2. The Morgan fingerprint density at radius 2 is 2.25 bits per heavy atom. The molecule has 2 N–H and O–H groups in total. The number of hydrogen-bond acceptors (Lipinski definition) is 4. The molecule has 0 atom stereocenters. The van der Waals surface area contributed by atoms with Gasteiger partial charge in [-0.2, -0.15) is 0 Å². The molecule has 6 heteroatoms. The third kappa shape index (κ3) is 2.10. The van der Waals surface area contributed by atoms with Crippen LogP contribution >= 0.6 is 0 Å². The topological polar surface area (TPSA) is 82.6 Å². The number of aliphatic imine (C=N–C) groups is 2. The van der Waals surface area contributed by atoms with Gasteiger partial charge in [-0.1, -0.05) is 0 Å². The van der Waals surface area contributed by atoms with Crippen molar-refractivity contribution in [3.63, 3.8) is 0 Å². The van der Waals surface area contributed by atoms with Crippen molar-refractivity contribution in [2.45, 2.75) is 20.0 Å². The van der Waals surface area contributed by atoms with E-state index in [0.29, 0.717) is 17.1 Å². The lowest BCUT2D eigenvalue weighted by atomic mass is 10.3. The Bertz CT molecular complexity index is 505. The van der Waals surface area contributed by atoms with E-state index in [2.05, 4.69) is 20.2 Å². The molecule has 0 radical (unpaired) electrons. The number of rotatable bonds is 3.